The minimum Gasteiger partial charge on any atom is -0.395 e. The molecule has 0 saturated heterocycles. The van der Waals surface area contributed by atoms with Crippen LogP contribution in [0.25, 0.3) is 0 Å². The number of rotatable bonds is 6. The molecule has 0 saturated carbocycles. The van der Waals surface area contributed by atoms with Gasteiger partial charge in [-0.3, -0.25) is 0 Å². The highest BCUT2D eigenvalue weighted by molar-refractivity contribution is 5.57. The van der Waals surface area contributed by atoms with Crippen LogP contribution in [0.2, 0.25) is 0 Å². The summed E-state index contributed by atoms with van der Waals surface area (Å²) in [7, 11) is 0. The quantitative estimate of drug-likeness (QED) is 0.507. The lowest BCUT2D eigenvalue weighted by Crippen LogP contribution is -2.56. The molecule has 0 heterocycles. The van der Waals surface area contributed by atoms with E-state index in [4.69, 9.17) is 0 Å². The molecule has 4 heteroatoms. The first-order chi connectivity index (χ1) is 15.0. The molecule has 0 aliphatic heterocycles. The molecule has 0 radical (unpaired) electrons. The van der Waals surface area contributed by atoms with Gasteiger partial charge in [-0.15, -0.1) is 0 Å². The number of aliphatic hydroxyl groups excluding tert-OH is 3. The second-order valence-electron chi connectivity index (χ2n) is 12.0. The first kappa shape index (κ1) is 27.5. The Bertz CT molecular complexity index is 924. The Balaban J connectivity index is 3.29. The van der Waals surface area contributed by atoms with Crippen molar-refractivity contribution < 1.29 is 20.4 Å². The van der Waals surface area contributed by atoms with Gasteiger partial charge < -0.3 is 20.4 Å². The largest absolute Gasteiger partial charge is 0.395 e. The predicted octanol–water partition coefficient (Wildman–Crippen LogP) is 4.71. The Morgan fingerprint density at radius 2 is 0.879 bits per heavy atom. The molecule has 2 rings (SSSR count). The van der Waals surface area contributed by atoms with Crippen LogP contribution in [0.3, 0.4) is 0 Å². The summed E-state index contributed by atoms with van der Waals surface area (Å²) >= 11 is 0. The molecule has 0 bridgehead atoms. The summed E-state index contributed by atoms with van der Waals surface area (Å²) in [4.78, 5) is 0. The van der Waals surface area contributed by atoms with E-state index in [9.17, 15) is 20.4 Å². The second-order valence-corrected chi connectivity index (χ2v) is 12.0. The third-order valence-corrected chi connectivity index (χ3v) is 6.97. The smallest absolute Gasteiger partial charge is 0.128 e. The molecule has 184 valence electrons. The Labute approximate surface area is 200 Å². The lowest BCUT2D eigenvalue weighted by atomic mass is 9.59. The van der Waals surface area contributed by atoms with E-state index in [1.165, 1.54) is 0 Å². The van der Waals surface area contributed by atoms with Gasteiger partial charge in [0.25, 0.3) is 0 Å². The third kappa shape index (κ3) is 4.64. The molecule has 0 atom stereocenters. The van der Waals surface area contributed by atoms with Crippen molar-refractivity contribution in [2.24, 2.45) is 5.41 Å². The molecule has 4 nitrogen and oxygen atoms in total. The van der Waals surface area contributed by atoms with Crippen molar-refractivity contribution in [1.29, 1.82) is 0 Å². The van der Waals surface area contributed by atoms with Crippen molar-refractivity contribution >= 4 is 0 Å². The first-order valence-corrected chi connectivity index (χ1v) is 11.8. The average Bonchev–Trinajstić information content (AvgIpc) is 2.66. The van der Waals surface area contributed by atoms with Crippen molar-refractivity contribution in [2.45, 2.75) is 85.7 Å². The van der Waals surface area contributed by atoms with Crippen LogP contribution in [0.15, 0.2) is 24.3 Å². The molecule has 4 N–H and O–H groups in total. The van der Waals surface area contributed by atoms with Crippen molar-refractivity contribution in [3.8, 4) is 0 Å². The Hall–Kier alpha value is -1.72. The van der Waals surface area contributed by atoms with E-state index >= 15 is 0 Å². The van der Waals surface area contributed by atoms with Crippen molar-refractivity contribution in [3.05, 3.63) is 68.8 Å². The molecule has 0 unspecified atom stereocenters. The number of hydrogen-bond donors (Lipinski definition) is 4. The zero-order valence-corrected chi connectivity index (χ0v) is 22.2. The number of hydrogen-bond acceptors (Lipinski definition) is 4. The maximum Gasteiger partial charge on any atom is 0.128 e. The fraction of sp³-hybridized carbons (Fsp3) is 0.586. The fourth-order valence-corrected chi connectivity index (χ4v) is 5.23. The average molecular weight is 457 g/mol. The maximum atomic E-state index is 13.0. The van der Waals surface area contributed by atoms with Crippen molar-refractivity contribution in [1.82, 2.24) is 0 Å². The van der Waals surface area contributed by atoms with Crippen molar-refractivity contribution in [3.63, 3.8) is 0 Å². The monoisotopic (exact) mass is 456 g/mol. The van der Waals surface area contributed by atoms with Gasteiger partial charge in [0.1, 0.15) is 5.60 Å². The normalized spacial score (nSPS) is 13.5. The van der Waals surface area contributed by atoms with Gasteiger partial charge in [-0.1, -0.05) is 76.9 Å². The summed E-state index contributed by atoms with van der Waals surface area (Å²) in [5.74, 6) is 0. The predicted molar refractivity (Wildman–Crippen MR) is 136 cm³/mol. The molecule has 0 aliphatic carbocycles. The fourth-order valence-electron chi connectivity index (χ4n) is 5.23. The van der Waals surface area contributed by atoms with E-state index in [-0.39, 0.29) is 10.8 Å². The highest BCUT2D eigenvalue weighted by Gasteiger charge is 2.56. The first-order valence-electron chi connectivity index (χ1n) is 11.8. The summed E-state index contributed by atoms with van der Waals surface area (Å²) in [6.45, 7) is 18.8. The summed E-state index contributed by atoms with van der Waals surface area (Å²) in [5.41, 5.74) is 2.93. The highest BCUT2D eigenvalue weighted by Crippen LogP contribution is 2.52. The van der Waals surface area contributed by atoms with Gasteiger partial charge in [0.15, 0.2) is 0 Å². The summed E-state index contributed by atoms with van der Waals surface area (Å²) < 4.78 is 0. The van der Waals surface area contributed by atoms with Gasteiger partial charge in [-0.25, -0.2) is 0 Å². The molecule has 2 aromatic rings. The Kier molecular flexibility index (Phi) is 7.63. The topological polar surface area (TPSA) is 80.9 Å². The van der Waals surface area contributed by atoms with Crippen LogP contribution in [-0.2, 0) is 16.4 Å². The van der Waals surface area contributed by atoms with E-state index in [2.05, 4.69) is 53.7 Å². The highest BCUT2D eigenvalue weighted by atomic mass is 16.3. The minimum atomic E-state index is -1.84. The van der Waals surface area contributed by atoms with Gasteiger partial charge in [0.2, 0.25) is 0 Å². The SMILES string of the molecule is Cc1cc(C)c(C(O)(c2c(C)cc(C)cc2C(C)(C)C)C(CO)(CO)CO)c(C(C)(C)C)c1. The molecule has 2 aromatic carbocycles. The van der Waals surface area contributed by atoms with E-state index in [0.29, 0.717) is 11.1 Å². The molecule has 0 aromatic heterocycles. The van der Waals surface area contributed by atoms with Gasteiger partial charge in [0.05, 0.1) is 25.2 Å². The van der Waals surface area contributed by atoms with Gasteiger partial charge in [0, 0.05) is 0 Å². The van der Waals surface area contributed by atoms with Gasteiger partial charge >= 0.3 is 0 Å². The molecular weight excluding hydrogens is 412 g/mol. The van der Waals surface area contributed by atoms with Crippen LogP contribution in [0.5, 0.6) is 0 Å². The van der Waals surface area contributed by atoms with Crippen LogP contribution < -0.4 is 0 Å². The third-order valence-electron chi connectivity index (χ3n) is 6.97. The molecule has 0 fully saturated rings. The standard InChI is InChI=1S/C29H44O4/c1-18-11-20(3)24(22(13-18)26(5,6)7)29(33,28(15-30,16-31)17-32)25-21(4)12-19(2)14-23(25)27(8,9)10/h11-14,30-33H,15-17H2,1-10H3. The van der Waals surface area contributed by atoms with E-state index in [1.54, 1.807) is 0 Å². The van der Waals surface area contributed by atoms with Crippen LogP contribution in [0, 0.1) is 33.1 Å². The summed E-state index contributed by atoms with van der Waals surface area (Å²) in [6, 6.07) is 8.19. The minimum absolute atomic E-state index is 0.327. The summed E-state index contributed by atoms with van der Waals surface area (Å²) in [5, 5.41) is 44.9. The zero-order valence-electron chi connectivity index (χ0n) is 22.2. The maximum absolute atomic E-state index is 13.0. The Morgan fingerprint density at radius 1 is 0.576 bits per heavy atom. The van der Waals surface area contributed by atoms with E-state index < -0.39 is 30.8 Å². The second kappa shape index (κ2) is 9.14. The molecule has 33 heavy (non-hydrogen) atoms. The lowest BCUT2D eigenvalue weighted by Gasteiger charge is -2.50. The Morgan fingerprint density at radius 3 is 1.12 bits per heavy atom. The van der Waals surface area contributed by atoms with E-state index in [1.807, 2.05) is 39.8 Å². The molecule has 0 spiro atoms. The number of aryl methyl sites for hydroxylation is 4. The van der Waals surface area contributed by atoms with Crippen molar-refractivity contribution in [2.75, 3.05) is 19.8 Å². The molecule has 0 aliphatic rings. The van der Waals surface area contributed by atoms with Crippen LogP contribution in [-0.4, -0.2) is 40.2 Å². The lowest BCUT2D eigenvalue weighted by molar-refractivity contribution is -0.137. The van der Waals surface area contributed by atoms with Gasteiger partial charge in [-0.05, 0) is 71.9 Å². The zero-order chi connectivity index (χ0) is 25.6. The van der Waals surface area contributed by atoms with E-state index in [0.717, 1.165) is 33.4 Å². The van der Waals surface area contributed by atoms with Gasteiger partial charge in [-0.2, -0.15) is 0 Å². The van der Waals surface area contributed by atoms with Crippen LogP contribution in [0.4, 0.5) is 0 Å². The number of aliphatic hydroxyl groups is 4. The molecular formula is C29H44O4. The number of benzene rings is 2. The van der Waals surface area contributed by atoms with Crippen LogP contribution in [0.1, 0.15) is 86.1 Å². The van der Waals surface area contributed by atoms with Crippen LogP contribution >= 0.6 is 0 Å². The molecule has 0 amide bonds. The summed E-state index contributed by atoms with van der Waals surface area (Å²) in [6.07, 6.45) is 0.